The molecule has 0 saturated carbocycles. The van der Waals surface area contributed by atoms with Crippen LogP contribution in [0.3, 0.4) is 0 Å². The van der Waals surface area contributed by atoms with E-state index in [4.69, 9.17) is 9.47 Å². The fraction of sp³-hybridized carbons (Fsp3) is 0.579. The topological polar surface area (TPSA) is 59.1 Å². The van der Waals surface area contributed by atoms with Gasteiger partial charge in [0.25, 0.3) is 5.91 Å². The van der Waals surface area contributed by atoms with Crippen LogP contribution >= 0.6 is 0 Å². The van der Waals surface area contributed by atoms with Gasteiger partial charge >= 0.3 is 6.09 Å². The van der Waals surface area contributed by atoms with Crippen molar-refractivity contribution >= 4 is 12.0 Å². The fourth-order valence-electron chi connectivity index (χ4n) is 2.89. The second kappa shape index (κ2) is 8.74. The lowest BCUT2D eigenvalue weighted by Gasteiger charge is -2.35. The van der Waals surface area contributed by atoms with Gasteiger partial charge in [-0.2, -0.15) is 0 Å². The second-order valence-corrected chi connectivity index (χ2v) is 6.46. The van der Waals surface area contributed by atoms with Gasteiger partial charge in [0.15, 0.2) is 6.10 Å². The van der Waals surface area contributed by atoms with Crippen LogP contribution < -0.4 is 4.74 Å². The summed E-state index contributed by atoms with van der Waals surface area (Å²) >= 11 is 0. The van der Waals surface area contributed by atoms with Gasteiger partial charge in [-0.15, -0.1) is 0 Å². The number of piperazine rings is 1. The first-order valence-electron chi connectivity index (χ1n) is 8.90. The average molecular weight is 348 g/mol. The van der Waals surface area contributed by atoms with Gasteiger partial charge in [-0.05, 0) is 31.4 Å². The molecule has 6 heteroatoms. The zero-order valence-corrected chi connectivity index (χ0v) is 15.5. The summed E-state index contributed by atoms with van der Waals surface area (Å²) in [6, 6.07) is 7.81. The van der Waals surface area contributed by atoms with Crippen LogP contribution in [0.5, 0.6) is 5.75 Å². The Kier molecular flexibility index (Phi) is 6.67. The highest BCUT2D eigenvalue weighted by atomic mass is 16.6. The van der Waals surface area contributed by atoms with Gasteiger partial charge in [-0.1, -0.05) is 32.0 Å². The van der Waals surface area contributed by atoms with Gasteiger partial charge < -0.3 is 19.3 Å². The minimum absolute atomic E-state index is 0.0536. The number of amides is 2. The molecule has 1 aromatic rings. The molecule has 1 atom stereocenters. The van der Waals surface area contributed by atoms with E-state index >= 15 is 0 Å². The molecule has 1 aliphatic heterocycles. The van der Waals surface area contributed by atoms with Gasteiger partial charge in [0.2, 0.25) is 0 Å². The van der Waals surface area contributed by atoms with Gasteiger partial charge in [-0.3, -0.25) is 4.79 Å². The number of ether oxygens (including phenoxy) is 2. The van der Waals surface area contributed by atoms with Crippen LogP contribution in [0.1, 0.15) is 39.2 Å². The summed E-state index contributed by atoms with van der Waals surface area (Å²) in [6.07, 6.45) is -0.876. The molecule has 1 saturated heterocycles. The predicted molar refractivity (Wildman–Crippen MR) is 95.8 cm³/mol. The Morgan fingerprint density at radius 2 is 1.64 bits per heavy atom. The lowest BCUT2D eigenvalue weighted by Crippen LogP contribution is -2.53. The van der Waals surface area contributed by atoms with Crippen LogP contribution in [-0.2, 0) is 9.53 Å². The Labute approximate surface area is 149 Å². The first-order chi connectivity index (χ1) is 11.9. The minimum atomic E-state index is -0.561. The highest BCUT2D eigenvalue weighted by Crippen LogP contribution is 2.27. The third-order valence-corrected chi connectivity index (χ3v) is 4.31. The number of carbonyl (C=O) groups is 2. The zero-order valence-electron chi connectivity index (χ0n) is 15.5. The summed E-state index contributed by atoms with van der Waals surface area (Å²) in [5.41, 5.74) is 1.09. The molecule has 0 bridgehead atoms. The van der Waals surface area contributed by atoms with E-state index in [0.29, 0.717) is 38.7 Å². The van der Waals surface area contributed by atoms with Gasteiger partial charge in [0.05, 0.1) is 6.61 Å². The first-order valence-corrected chi connectivity index (χ1v) is 8.90. The molecule has 1 fully saturated rings. The largest absolute Gasteiger partial charge is 0.481 e. The summed E-state index contributed by atoms with van der Waals surface area (Å²) in [7, 11) is 0. The van der Waals surface area contributed by atoms with E-state index < -0.39 is 6.10 Å². The van der Waals surface area contributed by atoms with Crippen molar-refractivity contribution in [3.8, 4) is 5.75 Å². The molecular formula is C19H28N2O4. The molecule has 1 aromatic carbocycles. The average Bonchev–Trinajstić information content (AvgIpc) is 2.61. The molecule has 138 valence electrons. The Hall–Kier alpha value is -2.24. The maximum absolute atomic E-state index is 12.7. The molecule has 2 amide bonds. The van der Waals surface area contributed by atoms with E-state index in [1.54, 1.807) is 23.6 Å². The van der Waals surface area contributed by atoms with Gasteiger partial charge in [-0.25, -0.2) is 4.79 Å². The molecule has 1 heterocycles. The normalized spacial score (nSPS) is 15.9. The first kappa shape index (κ1) is 19.1. The van der Waals surface area contributed by atoms with E-state index in [1.165, 1.54) is 0 Å². The third-order valence-electron chi connectivity index (χ3n) is 4.31. The van der Waals surface area contributed by atoms with E-state index in [-0.39, 0.29) is 12.0 Å². The van der Waals surface area contributed by atoms with E-state index in [9.17, 15) is 9.59 Å². The maximum Gasteiger partial charge on any atom is 0.409 e. The van der Waals surface area contributed by atoms with Crippen molar-refractivity contribution in [3.63, 3.8) is 0 Å². The molecule has 6 nitrogen and oxygen atoms in total. The Bertz CT molecular complexity index is 595. The number of benzene rings is 1. The van der Waals surface area contributed by atoms with Crippen LogP contribution in [0.2, 0.25) is 0 Å². The molecule has 1 aliphatic rings. The minimum Gasteiger partial charge on any atom is -0.481 e. The van der Waals surface area contributed by atoms with Crippen molar-refractivity contribution in [2.45, 2.75) is 39.7 Å². The molecule has 0 spiro atoms. The highest BCUT2D eigenvalue weighted by molar-refractivity contribution is 5.81. The molecule has 0 N–H and O–H groups in total. The second-order valence-electron chi connectivity index (χ2n) is 6.46. The quantitative estimate of drug-likeness (QED) is 0.821. The Morgan fingerprint density at radius 3 is 2.24 bits per heavy atom. The number of rotatable bonds is 5. The number of carbonyl (C=O) groups excluding carboxylic acids is 2. The number of hydrogen-bond donors (Lipinski definition) is 0. The molecule has 0 radical (unpaired) electrons. The molecule has 25 heavy (non-hydrogen) atoms. The number of hydrogen-bond acceptors (Lipinski definition) is 4. The summed E-state index contributed by atoms with van der Waals surface area (Å²) in [4.78, 5) is 27.8. The predicted octanol–water partition coefficient (Wildman–Crippen LogP) is 2.88. The third kappa shape index (κ3) is 4.87. The number of nitrogens with zero attached hydrogens (tertiary/aromatic N) is 2. The van der Waals surface area contributed by atoms with Gasteiger partial charge in [0, 0.05) is 26.2 Å². The zero-order chi connectivity index (χ0) is 18.4. The van der Waals surface area contributed by atoms with Crippen molar-refractivity contribution in [1.82, 2.24) is 9.80 Å². The fourth-order valence-corrected chi connectivity index (χ4v) is 2.89. The van der Waals surface area contributed by atoms with Crippen molar-refractivity contribution < 1.29 is 19.1 Å². The smallest absolute Gasteiger partial charge is 0.409 e. The monoisotopic (exact) mass is 348 g/mol. The molecular weight excluding hydrogens is 320 g/mol. The lowest BCUT2D eigenvalue weighted by molar-refractivity contribution is -0.139. The van der Waals surface area contributed by atoms with E-state index in [0.717, 1.165) is 11.3 Å². The van der Waals surface area contributed by atoms with Crippen LogP contribution in [-0.4, -0.2) is 60.7 Å². The molecule has 0 aliphatic carbocycles. The molecule has 2 rings (SSSR count). The van der Waals surface area contributed by atoms with Crippen LogP contribution in [0.25, 0.3) is 0 Å². The SMILES string of the molecule is CCOC(=O)N1CCN(C(=O)[C@@H](C)Oc2ccccc2C(C)C)CC1. The van der Waals surface area contributed by atoms with E-state index in [1.807, 2.05) is 24.3 Å². The van der Waals surface area contributed by atoms with Crippen molar-refractivity contribution in [1.29, 1.82) is 0 Å². The summed E-state index contributed by atoms with van der Waals surface area (Å²) in [5.74, 6) is 1.03. The lowest BCUT2D eigenvalue weighted by atomic mass is 10.0. The van der Waals surface area contributed by atoms with Crippen molar-refractivity contribution in [3.05, 3.63) is 29.8 Å². The highest BCUT2D eigenvalue weighted by Gasteiger charge is 2.28. The summed E-state index contributed by atoms with van der Waals surface area (Å²) < 4.78 is 10.9. The van der Waals surface area contributed by atoms with E-state index in [2.05, 4.69) is 13.8 Å². The number of para-hydroxylation sites is 1. The standard InChI is InChI=1S/C19H28N2O4/c1-5-24-19(23)21-12-10-20(11-13-21)18(22)15(4)25-17-9-7-6-8-16(17)14(2)3/h6-9,14-15H,5,10-13H2,1-4H3/t15-/m1/s1. The van der Waals surface area contributed by atoms with Crippen LogP contribution in [0, 0.1) is 0 Å². The van der Waals surface area contributed by atoms with Crippen molar-refractivity contribution in [2.75, 3.05) is 32.8 Å². The Morgan fingerprint density at radius 1 is 1.04 bits per heavy atom. The summed E-state index contributed by atoms with van der Waals surface area (Å²) in [5, 5.41) is 0. The van der Waals surface area contributed by atoms with Gasteiger partial charge in [0.1, 0.15) is 5.75 Å². The van der Waals surface area contributed by atoms with Crippen molar-refractivity contribution in [2.24, 2.45) is 0 Å². The molecule has 0 aromatic heterocycles. The maximum atomic E-state index is 12.7. The van der Waals surface area contributed by atoms with Crippen LogP contribution in [0.4, 0.5) is 4.79 Å². The Balaban J connectivity index is 1.92. The molecule has 0 unspecified atom stereocenters. The van der Waals surface area contributed by atoms with Crippen LogP contribution in [0.15, 0.2) is 24.3 Å². The summed E-state index contributed by atoms with van der Waals surface area (Å²) in [6.45, 7) is 10.1.